The van der Waals surface area contributed by atoms with E-state index in [9.17, 15) is 19.2 Å². The zero-order valence-corrected chi connectivity index (χ0v) is 32.0. The Kier molecular flexibility index (Phi) is 11.4. The lowest BCUT2D eigenvalue weighted by molar-refractivity contribution is 0.0183. The van der Waals surface area contributed by atoms with Gasteiger partial charge < -0.3 is 28.4 Å². The minimum Gasteiger partial charge on any atom is -0.457 e. The van der Waals surface area contributed by atoms with Crippen LogP contribution in [0.3, 0.4) is 0 Å². The van der Waals surface area contributed by atoms with Gasteiger partial charge in [0.2, 0.25) is 0 Å². The van der Waals surface area contributed by atoms with E-state index in [0.717, 1.165) is 0 Å². The van der Waals surface area contributed by atoms with Gasteiger partial charge in [-0.3, -0.25) is 0 Å². The van der Waals surface area contributed by atoms with Gasteiger partial charge in [0.1, 0.15) is 35.9 Å². The van der Waals surface area contributed by atoms with Crippen LogP contribution in [0, 0.1) is 0 Å². The van der Waals surface area contributed by atoms with Crippen LogP contribution >= 0.6 is 0 Å². The van der Waals surface area contributed by atoms with E-state index >= 15 is 0 Å². The third-order valence-corrected chi connectivity index (χ3v) is 8.29. The van der Waals surface area contributed by atoms with Crippen molar-refractivity contribution in [2.45, 2.75) is 66.0 Å². The summed E-state index contributed by atoms with van der Waals surface area (Å²) < 4.78 is 35.1. The van der Waals surface area contributed by atoms with Gasteiger partial charge in [0.15, 0.2) is 0 Å². The summed E-state index contributed by atoms with van der Waals surface area (Å²) in [5.41, 5.74) is 0.114. The Morgan fingerprint density at radius 3 is 1.16 bits per heavy atom. The molecule has 0 saturated carbocycles. The largest absolute Gasteiger partial charge is 0.514 e. The van der Waals surface area contributed by atoms with Gasteiger partial charge in [-0.05, 0) is 99.5 Å². The van der Waals surface area contributed by atoms with Crippen molar-refractivity contribution < 1.29 is 47.6 Å². The molecule has 0 aromatic heterocycles. The van der Waals surface area contributed by atoms with Gasteiger partial charge >= 0.3 is 24.2 Å². The van der Waals surface area contributed by atoms with Crippen molar-refractivity contribution in [1.29, 1.82) is 0 Å². The molecule has 0 aliphatic heterocycles. The quantitative estimate of drug-likeness (QED) is 0.0800. The summed E-state index contributed by atoms with van der Waals surface area (Å²) in [6.45, 7) is 9.63. The molecule has 0 heterocycles. The summed E-state index contributed by atoms with van der Waals surface area (Å²) >= 11 is 0. The average molecular weight is 755 g/mol. The zero-order chi connectivity index (χ0) is 40.0. The minimum atomic E-state index is -1.02. The van der Waals surface area contributed by atoms with Gasteiger partial charge in [0.25, 0.3) is 0 Å². The van der Waals surface area contributed by atoms with Gasteiger partial charge in [-0.2, -0.15) is 0 Å². The van der Waals surface area contributed by atoms with Crippen LogP contribution in [0.25, 0.3) is 32.7 Å². The normalized spacial score (nSPS) is 11.5. The van der Waals surface area contributed by atoms with Crippen LogP contribution in [0.15, 0.2) is 121 Å². The van der Waals surface area contributed by atoms with E-state index in [0.29, 0.717) is 54.9 Å². The minimum absolute atomic E-state index is 0.00330. The van der Waals surface area contributed by atoms with Crippen LogP contribution in [0.4, 0.5) is 9.59 Å². The second kappa shape index (κ2) is 16.4. The topological polar surface area (TPSA) is 124 Å². The maximum Gasteiger partial charge on any atom is 0.514 e. The molecule has 0 spiro atoms. The molecule has 0 saturated heterocycles. The number of benzene rings is 6. The highest BCUT2D eigenvalue weighted by Crippen LogP contribution is 2.49. The van der Waals surface area contributed by atoms with Crippen LogP contribution in [0.2, 0.25) is 0 Å². The number of rotatable bonds is 9. The summed E-state index contributed by atoms with van der Waals surface area (Å²) in [5.74, 6) is -1.19. The molecule has 6 aromatic carbocycles. The van der Waals surface area contributed by atoms with Crippen LogP contribution in [0.5, 0.6) is 11.5 Å². The highest BCUT2D eigenvalue weighted by atomic mass is 16.7. The molecule has 10 heteroatoms. The van der Waals surface area contributed by atoms with E-state index in [1.54, 1.807) is 114 Å². The molecule has 0 fully saturated rings. The van der Waals surface area contributed by atoms with Crippen LogP contribution < -0.4 is 9.47 Å². The second-order valence-electron chi connectivity index (χ2n) is 14.9. The number of ether oxygens (including phenoxy) is 6. The second-order valence-corrected chi connectivity index (χ2v) is 14.9. The molecule has 6 aromatic rings. The number of carbonyl (C=O) groups excluding carboxylic acids is 4. The Labute approximate surface area is 324 Å². The van der Waals surface area contributed by atoms with E-state index < -0.39 is 35.5 Å². The van der Waals surface area contributed by atoms with E-state index in [4.69, 9.17) is 28.4 Å². The number of fused-ring (bicyclic) bond motifs is 2. The third kappa shape index (κ3) is 9.51. The molecule has 0 aliphatic rings. The number of hydrogen-bond acceptors (Lipinski definition) is 10. The van der Waals surface area contributed by atoms with Gasteiger partial charge in [0.05, 0.1) is 11.1 Å². The van der Waals surface area contributed by atoms with E-state index in [1.165, 1.54) is 0 Å². The van der Waals surface area contributed by atoms with Gasteiger partial charge in [-0.25, -0.2) is 19.2 Å². The molecule has 0 bridgehead atoms. The molecule has 10 nitrogen and oxygen atoms in total. The summed E-state index contributed by atoms with van der Waals surface area (Å²) in [4.78, 5) is 53.7. The standard InChI is InChI=1S/C46H42O10/c1-45(2,3)55-43(49)53-39-33(27-51-41(47)29-17-9-7-10-18-29)25-31-21-13-15-23-35(31)37(39)38-36-24-16-14-22-32(36)26-34(40(38)54-44(50)56-46(4,5)6)28-52-42(48)30-19-11-8-12-20-30/h7-26H,27-28H2,1-6H3. The first-order valence-corrected chi connectivity index (χ1v) is 18.0. The van der Waals surface area contributed by atoms with Crippen molar-refractivity contribution in [2.75, 3.05) is 0 Å². The lowest BCUT2D eigenvalue weighted by Crippen LogP contribution is -2.27. The SMILES string of the molecule is CC(C)(C)OC(=O)Oc1c(COC(=O)c2ccccc2)cc2ccccc2c1-c1c(OC(=O)OC(C)(C)C)c(COC(=O)c2ccccc2)cc2ccccc12. The summed E-state index contributed by atoms with van der Waals surface area (Å²) in [6.07, 6.45) is -2.03. The van der Waals surface area contributed by atoms with Crippen LogP contribution in [-0.2, 0) is 32.2 Å². The smallest absolute Gasteiger partial charge is 0.457 e. The van der Waals surface area contributed by atoms with Crippen molar-refractivity contribution in [3.63, 3.8) is 0 Å². The fourth-order valence-electron chi connectivity index (χ4n) is 6.03. The Balaban J connectivity index is 1.62. The molecular weight excluding hydrogens is 712 g/mol. The predicted molar refractivity (Wildman–Crippen MR) is 212 cm³/mol. The van der Waals surface area contributed by atoms with Gasteiger partial charge in [-0.15, -0.1) is 0 Å². The molecule has 0 atom stereocenters. The average Bonchev–Trinajstić information content (AvgIpc) is 3.15. The van der Waals surface area contributed by atoms with Gasteiger partial charge in [0, 0.05) is 22.3 Å². The zero-order valence-electron chi connectivity index (χ0n) is 32.0. The summed E-state index contributed by atoms with van der Waals surface area (Å²) in [5, 5.41) is 2.58. The monoisotopic (exact) mass is 754 g/mol. The highest BCUT2D eigenvalue weighted by Gasteiger charge is 2.30. The summed E-state index contributed by atoms with van der Waals surface area (Å²) in [7, 11) is 0. The molecule has 0 aliphatic carbocycles. The Morgan fingerprint density at radius 1 is 0.464 bits per heavy atom. The van der Waals surface area contributed by atoms with E-state index in [1.807, 2.05) is 48.5 Å². The van der Waals surface area contributed by atoms with Crippen molar-refractivity contribution in [2.24, 2.45) is 0 Å². The molecule has 0 unspecified atom stereocenters. The lowest BCUT2D eigenvalue weighted by Gasteiger charge is -2.25. The number of carbonyl (C=O) groups is 4. The Bertz CT molecular complexity index is 2230. The van der Waals surface area contributed by atoms with E-state index in [2.05, 4.69) is 0 Å². The van der Waals surface area contributed by atoms with E-state index in [-0.39, 0.29) is 24.7 Å². The molecule has 0 radical (unpaired) electrons. The van der Waals surface area contributed by atoms with Crippen molar-refractivity contribution >= 4 is 45.8 Å². The third-order valence-electron chi connectivity index (χ3n) is 8.29. The Hall–Kier alpha value is -6.68. The number of hydrogen-bond donors (Lipinski definition) is 0. The Morgan fingerprint density at radius 2 is 0.804 bits per heavy atom. The first kappa shape index (κ1) is 39.0. The fraction of sp³-hybridized carbons (Fsp3) is 0.217. The number of esters is 2. The first-order valence-electron chi connectivity index (χ1n) is 18.0. The predicted octanol–water partition coefficient (Wildman–Crippen LogP) is 11.0. The maximum atomic E-state index is 13.6. The van der Waals surface area contributed by atoms with Gasteiger partial charge in [-0.1, -0.05) is 84.9 Å². The highest BCUT2D eigenvalue weighted by molar-refractivity contribution is 6.11. The van der Waals surface area contributed by atoms with Crippen molar-refractivity contribution in [1.82, 2.24) is 0 Å². The summed E-state index contributed by atoms with van der Waals surface area (Å²) in [6, 6.07) is 35.3. The maximum absolute atomic E-state index is 13.6. The first-order chi connectivity index (χ1) is 26.7. The molecule has 0 N–H and O–H groups in total. The molecule has 56 heavy (non-hydrogen) atoms. The van der Waals surface area contributed by atoms with Crippen LogP contribution in [0.1, 0.15) is 73.4 Å². The molecule has 0 amide bonds. The van der Waals surface area contributed by atoms with Crippen LogP contribution in [-0.4, -0.2) is 35.5 Å². The molecule has 6 rings (SSSR count). The molecular formula is C46H42O10. The van der Waals surface area contributed by atoms with Crippen molar-refractivity contribution in [3.05, 3.63) is 144 Å². The lowest BCUT2D eigenvalue weighted by atomic mass is 9.89. The molecule has 286 valence electrons. The van der Waals surface area contributed by atoms with Crippen molar-refractivity contribution in [3.8, 4) is 22.6 Å². The fourth-order valence-corrected chi connectivity index (χ4v) is 6.03.